The number of hydrogen-bond donors (Lipinski definition) is 2. The second kappa shape index (κ2) is 11.4. The predicted molar refractivity (Wildman–Crippen MR) is 53.5 cm³/mol. The van der Waals surface area contributed by atoms with Gasteiger partial charge >= 0.3 is 5.97 Å². The quantitative estimate of drug-likeness (QED) is 0.476. The number of hydrogen-bond acceptors (Lipinski definition) is 4. The Hall–Kier alpha value is -0.610. The first kappa shape index (κ1) is 14.9. The first-order valence-electron chi connectivity index (χ1n) is 4.73. The van der Waals surface area contributed by atoms with Gasteiger partial charge in [0.2, 0.25) is 0 Å². The Labute approximate surface area is 80.6 Å². The van der Waals surface area contributed by atoms with E-state index in [1.807, 2.05) is 6.92 Å². The fourth-order valence-electron chi connectivity index (χ4n) is 0.804. The van der Waals surface area contributed by atoms with Gasteiger partial charge in [0.15, 0.2) is 0 Å². The van der Waals surface area contributed by atoms with Crippen molar-refractivity contribution >= 4 is 5.97 Å². The second-order valence-corrected chi connectivity index (χ2v) is 2.83. The van der Waals surface area contributed by atoms with E-state index in [1.165, 1.54) is 0 Å². The zero-order chi connectivity index (χ0) is 9.23. The minimum absolute atomic E-state index is 0. The molecule has 0 bridgehead atoms. The third-order valence-electron chi connectivity index (χ3n) is 1.52. The summed E-state index contributed by atoms with van der Waals surface area (Å²) < 4.78 is 0. The van der Waals surface area contributed by atoms with Gasteiger partial charge in [-0.15, -0.1) is 0 Å². The van der Waals surface area contributed by atoms with Crippen LogP contribution in [-0.2, 0) is 9.63 Å². The summed E-state index contributed by atoms with van der Waals surface area (Å²) in [5.74, 6) is -0.142. The predicted octanol–water partition coefficient (Wildman–Crippen LogP) is 2.19. The van der Waals surface area contributed by atoms with Crippen molar-refractivity contribution in [3.8, 4) is 0 Å². The van der Waals surface area contributed by atoms with Crippen molar-refractivity contribution in [2.75, 3.05) is 6.54 Å². The number of carbonyl (C=O) groups excluding carboxylic acids is 1. The first-order valence-corrected chi connectivity index (χ1v) is 4.73. The summed E-state index contributed by atoms with van der Waals surface area (Å²) >= 11 is 0. The van der Waals surface area contributed by atoms with Gasteiger partial charge in [-0.05, 0) is 12.8 Å². The lowest BCUT2D eigenvalue weighted by Gasteiger charge is -2.03. The standard InChI is InChI=1S/C9H19NO2.H3N/c1-3-5-6-7-9(11)12-10-8-4-2;/h10H,3-8H2,1-2H3;1H3. The summed E-state index contributed by atoms with van der Waals surface area (Å²) in [7, 11) is 0. The normalized spacial score (nSPS) is 9.08. The molecule has 13 heavy (non-hydrogen) atoms. The van der Waals surface area contributed by atoms with Crippen LogP contribution in [0.25, 0.3) is 0 Å². The Bertz CT molecular complexity index is 106. The summed E-state index contributed by atoms with van der Waals surface area (Å²) in [4.78, 5) is 15.6. The number of nitrogens with one attached hydrogen (secondary N) is 1. The molecule has 4 heteroatoms. The van der Waals surface area contributed by atoms with Gasteiger partial charge in [-0.1, -0.05) is 26.7 Å². The summed E-state index contributed by atoms with van der Waals surface area (Å²) in [5.41, 5.74) is 2.61. The number of unbranched alkanes of at least 4 members (excludes halogenated alkanes) is 2. The molecule has 0 aliphatic carbocycles. The Kier molecular flexibility index (Phi) is 13.0. The van der Waals surface area contributed by atoms with Gasteiger partial charge in [0.25, 0.3) is 0 Å². The number of rotatable bonds is 7. The van der Waals surface area contributed by atoms with Gasteiger partial charge < -0.3 is 11.0 Å². The van der Waals surface area contributed by atoms with E-state index >= 15 is 0 Å². The van der Waals surface area contributed by atoms with Crippen molar-refractivity contribution in [2.45, 2.75) is 46.0 Å². The molecule has 0 aliphatic rings. The molecule has 0 aromatic carbocycles. The molecule has 0 aromatic heterocycles. The Morgan fingerprint density at radius 1 is 1.23 bits per heavy atom. The van der Waals surface area contributed by atoms with Crippen molar-refractivity contribution in [3.05, 3.63) is 0 Å². The third kappa shape index (κ3) is 11.4. The van der Waals surface area contributed by atoms with Crippen molar-refractivity contribution in [2.24, 2.45) is 0 Å². The molecular weight excluding hydrogens is 168 g/mol. The molecule has 0 aromatic rings. The smallest absolute Gasteiger partial charge is 0.324 e. The molecule has 0 saturated carbocycles. The van der Waals surface area contributed by atoms with Gasteiger partial charge in [-0.2, -0.15) is 5.48 Å². The number of carbonyl (C=O) groups is 1. The third-order valence-corrected chi connectivity index (χ3v) is 1.52. The summed E-state index contributed by atoms with van der Waals surface area (Å²) in [6, 6.07) is 0. The SMILES string of the molecule is CCCCCC(=O)ONCCC.N. The molecule has 0 saturated heterocycles. The Morgan fingerprint density at radius 3 is 2.46 bits per heavy atom. The van der Waals surface area contributed by atoms with Crippen LogP contribution in [0.2, 0.25) is 0 Å². The molecule has 0 radical (unpaired) electrons. The van der Waals surface area contributed by atoms with E-state index in [4.69, 9.17) is 4.84 Å². The van der Waals surface area contributed by atoms with Crippen LogP contribution >= 0.6 is 0 Å². The van der Waals surface area contributed by atoms with Crippen LogP contribution < -0.4 is 11.6 Å². The second-order valence-electron chi connectivity index (χ2n) is 2.83. The van der Waals surface area contributed by atoms with E-state index in [0.29, 0.717) is 6.42 Å². The van der Waals surface area contributed by atoms with Gasteiger partial charge in [-0.3, -0.25) is 4.79 Å². The highest BCUT2D eigenvalue weighted by Crippen LogP contribution is 1.99. The highest BCUT2D eigenvalue weighted by molar-refractivity contribution is 5.68. The maximum atomic E-state index is 10.9. The molecule has 80 valence electrons. The molecule has 0 spiro atoms. The zero-order valence-electron chi connectivity index (χ0n) is 8.77. The molecular formula is C9H22N2O2. The molecule has 0 rings (SSSR count). The van der Waals surface area contributed by atoms with Crippen LogP contribution in [0.1, 0.15) is 46.0 Å². The molecule has 0 atom stereocenters. The summed E-state index contributed by atoms with van der Waals surface area (Å²) in [6.07, 6.45) is 4.68. The van der Waals surface area contributed by atoms with E-state index in [0.717, 1.165) is 32.2 Å². The topological polar surface area (TPSA) is 73.3 Å². The van der Waals surface area contributed by atoms with Crippen LogP contribution in [0.15, 0.2) is 0 Å². The van der Waals surface area contributed by atoms with Gasteiger partial charge in [0, 0.05) is 13.0 Å². The molecule has 0 fully saturated rings. The van der Waals surface area contributed by atoms with Crippen LogP contribution in [0.3, 0.4) is 0 Å². The molecule has 4 nitrogen and oxygen atoms in total. The molecule has 4 N–H and O–H groups in total. The lowest BCUT2D eigenvalue weighted by molar-refractivity contribution is -0.151. The molecule has 0 amide bonds. The lowest BCUT2D eigenvalue weighted by atomic mass is 10.2. The molecule has 0 unspecified atom stereocenters. The molecule has 0 heterocycles. The maximum absolute atomic E-state index is 10.9. The van der Waals surface area contributed by atoms with E-state index in [2.05, 4.69) is 12.4 Å². The lowest BCUT2D eigenvalue weighted by Crippen LogP contribution is -2.20. The van der Waals surface area contributed by atoms with E-state index in [1.54, 1.807) is 0 Å². The van der Waals surface area contributed by atoms with Crippen molar-refractivity contribution in [1.82, 2.24) is 11.6 Å². The van der Waals surface area contributed by atoms with Crippen molar-refractivity contribution in [1.29, 1.82) is 0 Å². The van der Waals surface area contributed by atoms with Gasteiger partial charge in [0.1, 0.15) is 0 Å². The van der Waals surface area contributed by atoms with Gasteiger partial charge in [-0.25, -0.2) is 0 Å². The number of hydroxylamine groups is 1. The van der Waals surface area contributed by atoms with Gasteiger partial charge in [0.05, 0.1) is 0 Å². The summed E-state index contributed by atoms with van der Waals surface area (Å²) in [6.45, 7) is 4.87. The van der Waals surface area contributed by atoms with Crippen molar-refractivity contribution in [3.63, 3.8) is 0 Å². The molecule has 0 aliphatic heterocycles. The van der Waals surface area contributed by atoms with Crippen LogP contribution in [0.5, 0.6) is 0 Å². The average molecular weight is 190 g/mol. The Morgan fingerprint density at radius 2 is 1.92 bits per heavy atom. The minimum atomic E-state index is -0.142. The van der Waals surface area contributed by atoms with E-state index < -0.39 is 0 Å². The fourth-order valence-corrected chi connectivity index (χ4v) is 0.804. The van der Waals surface area contributed by atoms with E-state index in [9.17, 15) is 4.79 Å². The largest absolute Gasteiger partial charge is 0.371 e. The minimum Gasteiger partial charge on any atom is -0.371 e. The van der Waals surface area contributed by atoms with Crippen LogP contribution in [0.4, 0.5) is 0 Å². The zero-order valence-corrected chi connectivity index (χ0v) is 8.77. The summed E-state index contributed by atoms with van der Waals surface area (Å²) in [5, 5.41) is 0. The highest BCUT2D eigenvalue weighted by atomic mass is 16.7. The highest BCUT2D eigenvalue weighted by Gasteiger charge is 2.00. The fraction of sp³-hybridized carbons (Fsp3) is 0.889. The first-order chi connectivity index (χ1) is 5.81. The van der Waals surface area contributed by atoms with E-state index in [-0.39, 0.29) is 12.1 Å². The van der Waals surface area contributed by atoms with Crippen LogP contribution in [-0.4, -0.2) is 12.5 Å². The van der Waals surface area contributed by atoms with Crippen molar-refractivity contribution < 1.29 is 9.63 Å². The Balaban J connectivity index is 0. The maximum Gasteiger partial charge on any atom is 0.324 e. The monoisotopic (exact) mass is 190 g/mol. The average Bonchev–Trinajstić information content (AvgIpc) is 2.06. The van der Waals surface area contributed by atoms with Crippen LogP contribution in [0, 0.1) is 0 Å².